The third-order valence-corrected chi connectivity index (χ3v) is 4.88. The molecule has 3 rings (SSSR count). The van der Waals surface area contributed by atoms with Crippen LogP contribution in [-0.2, 0) is 32.6 Å². The van der Waals surface area contributed by atoms with Crippen molar-refractivity contribution in [3.8, 4) is 0 Å². The topological polar surface area (TPSA) is 0 Å². The van der Waals surface area contributed by atoms with Crippen LogP contribution in [0.3, 0.4) is 0 Å². The van der Waals surface area contributed by atoms with E-state index in [4.69, 9.17) is 0 Å². The minimum Gasteiger partial charge on any atom is -1.00 e. The molecule has 0 unspecified atom stereocenters. The Labute approximate surface area is 177 Å². The Kier molecular flexibility index (Phi) is 11.6. The second kappa shape index (κ2) is 11.0. The van der Waals surface area contributed by atoms with Gasteiger partial charge in [0, 0.05) is 0 Å². The Balaban J connectivity index is 0. The second-order valence-corrected chi connectivity index (χ2v) is 7.72. The molecule has 0 bridgehead atoms. The molecular formula is C23H30F2Zr. The van der Waals surface area contributed by atoms with Gasteiger partial charge in [-0.25, -0.2) is 5.57 Å². The summed E-state index contributed by atoms with van der Waals surface area (Å²) in [5.41, 5.74) is 5.86. The fourth-order valence-electron chi connectivity index (χ4n) is 3.21. The molecular weight excluding hydrogens is 405 g/mol. The van der Waals surface area contributed by atoms with Crippen LogP contribution in [0.25, 0.3) is 10.8 Å². The summed E-state index contributed by atoms with van der Waals surface area (Å²) in [7, 11) is 0. The van der Waals surface area contributed by atoms with Crippen molar-refractivity contribution in [3.63, 3.8) is 0 Å². The van der Waals surface area contributed by atoms with Gasteiger partial charge in [-0.2, -0.15) is 17.2 Å². The van der Waals surface area contributed by atoms with Gasteiger partial charge in [-0.15, -0.1) is 47.5 Å². The third-order valence-electron chi connectivity index (χ3n) is 4.88. The number of halogens is 2. The zero-order valence-corrected chi connectivity index (χ0v) is 19.5. The first kappa shape index (κ1) is 27.3. The summed E-state index contributed by atoms with van der Waals surface area (Å²) in [6, 6.07) is 13.2. The zero-order chi connectivity index (χ0) is 17.2. The molecule has 0 heterocycles. The summed E-state index contributed by atoms with van der Waals surface area (Å²) in [6.45, 7) is 15.4. The first-order valence-corrected chi connectivity index (χ1v) is 8.65. The normalized spacial score (nSPS) is 14.7. The molecule has 3 heteroatoms. The summed E-state index contributed by atoms with van der Waals surface area (Å²) in [4.78, 5) is 0. The van der Waals surface area contributed by atoms with Gasteiger partial charge in [-0.1, -0.05) is 53.0 Å². The maximum absolute atomic E-state index is 3.44. The van der Waals surface area contributed by atoms with E-state index in [0.717, 1.165) is 5.92 Å². The van der Waals surface area contributed by atoms with Gasteiger partial charge in [-0.3, -0.25) is 6.08 Å². The van der Waals surface area contributed by atoms with Gasteiger partial charge in [-0.05, 0) is 12.3 Å². The van der Waals surface area contributed by atoms with Crippen LogP contribution in [0.5, 0.6) is 0 Å². The number of benzene rings is 1. The standard InChI is InChI=1S/C13H15.C10H15.2FH.Zr/c1-10(2)7-11-8-12-5-3-4-6-13(12)9-11;1-7-6-10(4,5)9(3)8(7)2;;;/h3-6,8-10H,7H2,1-2H3;1-5H3;2*1H;/q2*-1;;;+4/p-2. The molecule has 0 aliphatic heterocycles. The molecule has 1 aliphatic carbocycles. The van der Waals surface area contributed by atoms with Crippen molar-refractivity contribution in [2.24, 2.45) is 11.3 Å². The molecule has 1 aliphatic rings. The summed E-state index contributed by atoms with van der Waals surface area (Å²) in [5, 5.41) is 2.75. The fourth-order valence-corrected chi connectivity index (χ4v) is 3.21. The van der Waals surface area contributed by atoms with E-state index in [1.165, 1.54) is 39.5 Å². The Morgan fingerprint density at radius 2 is 1.62 bits per heavy atom. The van der Waals surface area contributed by atoms with E-state index in [9.17, 15) is 0 Å². The van der Waals surface area contributed by atoms with E-state index in [1.54, 1.807) is 0 Å². The monoisotopic (exact) mass is 434 g/mol. The molecule has 0 saturated heterocycles. The minimum atomic E-state index is 0. The predicted molar refractivity (Wildman–Crippen MR) is 103 cm³/mol. The molecule has 0 amide bonds. The van der Waals surface area contributed by atoms with E-state index in [1.807, 2.05) is 0 Å². The fraction of sp³-hybridized carbons (Fsp3) is 0.435. The van der Waals surface area contributed by atoms with Crippen molar-refractivity contribution in [2.75, 3.05) is 0 Å². The molecule has 0 radical (unpaired) electrons. The smallest absolute Gasteiger partial charge is 1.00 e. The predicted octanol–water partition coefficient (Wildman–Crippen LogP) is 0.875. The molecule has 0 N–H and O–H groups in total. The van der Waals surface area contributed by atoms with Gasteiger partial charge >= 0.3 is 26.2 Å². The number of fused-ring (bicyclic) bond motifs is 1. The van der Waals surface area contributed by atoms with E-state index in [0.29, 0.717) is 0 Å². The molecule has 2 aromatic carbocycles. The van der Waals surface area contributed by atoms with Gasteiger partial charge in [0.15, 0.2) is 0 Å². The van der Waals surface area contributed by atoms with Crippen LogP contribution < -0.4 is 9.41 Å². The SMILES string of the molecule is CC(C)Cc1cc2ccccc2[cH-]1.CC1=[C-]C(C)(C)C(C)=C1C.[F-].[F-].[Zr+4]. The van der Waals surface area contributed by atoms with Crippen LogP contribution in [-0.4, -0.2) is 0 Å². The molecule has 0 aromatic heterocycles. The molecule has 0 atom stereocenters. The largest absolute Gasteiger partial charge is 4.00 e. The number of hydrogen-bond donors (Lipinski definition) is 0. The summed E-state index contributed by atoms with van der Waals surface area (Å²) >= 11 is 0. The van der Waals surface area contributed by atoms with Crippen molar-refractivity contribution in [3.05, 3.63) is 64.8 Å². The Hall–Kier alpha value is -0.947. The Morgan fingerprint density at radius 3 is 2.00 bits per heavy atom. The molecule has 0 spiro atoms. The number of allylic oxidation sites excluding steroid dienone is 4. The van der Waals surface area contributed by atoms with Crippen molar-refractivity contribution in [2.45, 2.75) is 54.9 Å². The third kappa shape index (κ3) is 6.65. The average Bonchev–Trinajstić information content (AvgIpc) is 2.93. The van der Waals surface area contributed by atoms with Crippen molar-refractivity contribution in [1.29, 1.82) is 0 Å². The van der Waals surface area contributed by atoms with E-state index in [-0.39, 0.29) is 41.0 Å². The number of hydrogen-bond acceptors (Lipinski definition) is 0. The first-order chi connectivity index (χ1) is 10.7. The van der Waals surface area contributed by atoms with Gasteiger partial charge in [0.1, 0.15) is 0 Å². The van der Waals surface area contributed by atoms with E-state index in [2.05, 4.69) is 90.9 Å². The van der Waals surface area contributed by atoms with Gasteiger partial charge in [0.05, 0.1) is 0 Å². The molecule has 26 heavy (non-hydrogen) atoms. The van der Waals surface area contributed by atoms with Crippen LogP contribution in [0, 0.1) is 17.4 Å². The van der Waals surface area contributed by atoms with Crippen LogP contribution >= 0.6 is 0 Å². The second-order valence-electron chi connectivity index (χ2n) is 7.72. The molecule has 2 aromatic rings. The van der Waals surface area contributed by atoms with E-state index >= 15 is 0 Å². The van der Waals surface area contributed by atoms with Crippen molar-refractivity contribution < 1.29 is 35.6 Å². The quantitative estimate of drug-likeness (QED) is 0.615. The van der Waals surface area contributed by atoms with Crippen molar-refractivity contribution in [1.82, 2.24) is 0 Å². The van der Waals surface area contributed by atoms with Crippen molar-refractivity contribution >= 4 is 10.8 Å². The molecule has 0 saturated carbocycles. The average molecular weight is 436 g/mol. The summed E-state index contributed by atoms with van der Waals surface area (Å²) < 4.78 is 0. The zero-order valence-electron chi connectivity index (χ0n) is 17.0. The van der Waals surface area contributed by atoms with Crippen LogP contribution in [0.2, 0.25) is 0 Å². The van der Waals surface area contributed by atoms with Crippen LogP contribution in [0.15, 0.2) is 53.1 Å². The molecule has 0 nitrogen and oxygen atoms in total. The molecule has 140 valence electrons. The first-order valence-electron chi connectivity index (χ1n) is 8.65. The van der Waals surface area contributed by atoms with Gasteiger partial charge < -0.3 is 9.41 Å². The maximum atomic E-state index is 3.44. The minimum absolute atomic E-state index is 0. The maximum Gasteiger partial charge on any atom is 4.00 e. The Morgan fingerprint density at radius 1 is 1.04 bits per heavy atom. The van der Waals surface area contributed by atoms with Crippen LogP contribution in [0.1, 0.15) is 54.0 Å². The number of rotatable bonds is 2. The van der Waals surface area contributed by atoms with Crippen LogP contribution in [0.4, 0.5) is 0 Å². The Bertz CT molecular complexity index is 715. The van der Waals surface area contributed by atoms with Gasteiger partial charge in [0.2, 0.25) is 0 Å². The molecule has 0 fully saturated rings. The van der Waals surface area contributed by atoms with E-state index < -0.39 is 0 Å². The van der Waals surface area contributed by atoms with Gasteiger partial charge in [0.25, 0.3) is 0 Å². The summed E-state index contributed by atoms with van der Waals surface area (Å²) in [6.07, 6.45) is 4.62. The summed E-state index contributed by atoms with van der Waals surface area (Å²) in [5.74, 6) is 0.747.